The first-order valence-corrected chi connectivity index (χ1v) is 9.14. The van der Waals surface area contributed by atoms with E-state index in [-0.39, 0.29) is 5.75 Å². The summed E-state index contributed by atoms with van der Waals surface area (Å²) in [7, 11) is 0. The Morgan fingerprint density at radius 2 is 1.52 bits per heavy atom. The summed E-state index contributed by atoms with van der Waals surface area (Å²) in [6.07, 6.45) is 11.9. The summed E-state index contributed by atoms with van der Waals surface area (Å²) >= 11 is 1.38. The molecule has 1 N–H and O–H groups in total. The van der Waals surface area contributed by atoms with Crippen LogP contribution in [0.15, 0.2) is 29.2 Å². The van der Waals surface area contributed by atoms with Gasteiger partial charge in [0.15, 0.2) is 0 Å². The summed E-state index contributed by atoms with van der Waals surface area (Å²) in [4.78, 5) is 11.5. The Kier molecular flexibility index (Phi) is 10.1. The van der Waals surface area contributed by atoms with Crippen LogP contribution in [0.3, 0.4) is 0 Å². The molecule has 0 radical (unpaired) electrons. The van der Waals surface area contributed by atoms with Crippen molar-refractivity contribution in [3.63, 3.8) is 0 Å². The lowest BCUT2D eigenvalue weighted by atomic mass is 10.0. The molecule has 3 heteroatoms. The van der Waals surface area contributed by atoms with Crippen molar-refractivity contribution < 1.29 is 9.90 Å². The van der Waals surface area contributed by atoms with Gasteiger partial charge in [-0.05, 0) is 30.5 Å². The van der Waals surface area contributed by atoms with Crippen LogP contribution in [0, 0.1) is 0 Å². The molecule has 1 rings (SSSR count). The lowest BCUT2D eigenvalue weighted by Crippen LogP contribution is -1.97. The third kappa shape index (κ3) is 9.57. The highest BCUT2D eigenvalue weighted by Crippen LogP contribution is 2.19. The molecule has 0 aliphatic heterocycles. The topological polar surface area (TPSA) is 37.3 Å². The standard InChI is InChI=1S/C18H28O2S/c1-2-3-4-5-6-7-8-9-10-16-11-13-17(14-12-16)21-15-18(19)20/h11-14H,2-10,15H2,1H3,(H,19,20). The Bertz CT molecular complexity index is 387. The van der Waals surface area contributed by atoms with Gasteiger partial charge in [-0.25, -0.2) is 0 Å². The second-order valence-electron chi connectivity index (χ2n) is 5.55. The Morgan fingerprint density at radius 1 is 0.952 bits per heavy atom. The highest BCUT2D eigenvalue weighted by Gasteiger charge is 2.00. The van der Waals surface area contributed by atoms with Crippen molar-refractivity contribution in [2.45, 2.75) is 69.6 Å². The zero-order chi connectivity index (χ0) is 15.3. The molecule has 0 bridgehead atoms. The van der Waals surface area contributed by atoms with Gasteiger partial charge < -0.3 is 5.11 Å². The van der Waals surface area contributed by atoms with E-state index in [0.29, 0.717) is 0 Å². The van der Waals surface area contributed by atoms with Gasteiger partial charge >= 0.3 is 5.97 Å². The maximum Gasteiger partial charge on any atom is 0.313 e. The van der Waals surface area contributed by atoms with Crippen LogP contribution in [0.1, 0.15) is 63.9 Å². The molecule has 2 nitrogen and oxygen atoms in total. The molecule has 0 saturated heterocycles. The maximum atomic E-state index is 10.5. The van der Waals surface area contributed by atoms with E-state index in [1.807, 2.05) is 12.1 Å². The van der Waals surface area contributed by atoms with Crippen LogP contribution < -0.4 is 0 Å². The number of carboxylic acid groups (broad SMARTS) is 1. The first kappa shape index (κ1) is 18.1. The second-order valence-corrected chi connectivity index (χ2v) is 6.60. The molecule has 0 aliphatic carbocycles. The number of aliphatic carboxylic acids is 1. The maximum absolute atomic E-state index is 10.5. The summed E-state index contributed by atoms with van der Waals surface area (Å²) in [6, 6.07) is 8.33. The average molecular weight is 308 g/mol. The lowest BCUT2D eigenvalue weighted by molar-refractivity contribution is -0.133. The van der Waals surface area contributed by atoms with E-state index in [1.165, 1.54) is 68.7 Å². The third-order valence-corrected chi connectivity index (χ3v) is 4.60. The molecule has 0 spiro atoms. The number of carboxylic acids is 1. The summed E-state index contributed by atoms with van der Waals surface area (Å²) in [5, 5.41) is 8.64. The Balaban J connectivity index is 2.08. The number of hydrogen-bond acceptors (Lipinski definition) is 2. The van der Waals surface area contributed by atoms with Crippen molar-refractivity contribution in [2.75, 3.05) is 5.75 Å². The number of aryl methyl sites for hydroxylation is 1. The van der Waals surface area contributed by atoms with E-state index in [0.717, 1.165) is 11.3 Å². The third-order valence-electron chi connectivity index (χ3n) is 3.60. The predicted octanol–water partition coefficient (Wildman–Crippen LogP) is 5.55. The SMILES string of the molecule is CCCCCCCCCCc1ccc(SCC(=O)O)cc1. The van der Waals surface area contributed by atoms with Crippen molar-refractivity contribution in [2.24, 2.45) is 0 Å². The van der Waals surface area contributed by atoms with E-state index in [1.54, 1.807) is 0 Å². The molecule has 118 valence electrons. The highest BCUT2D eigenvalue weighted by atomic mass is 32.2. The largest absolute Gasteiger partial charge is 0.481 e. The molecule has 0 aliphatic rings. The molecular formula is C18H28O2S. The molecule has 0 atom stereocenters. The number of hydrogen-bond donors (Lipinski definition) is 1. The highest BCUT2D eigenvalue weighted by molar-refractivity contribution is 8.00. The van der Waals surface area contributed by atoms with E-state index >= 15 is 0 Å². The van der Waals surface area contributed by atoms with Gasteiger partial charge in [-0.2, -0.15) is 0 Å². The van der Waals surface area contributed by atoms with Gasteiger partial charge in [-0.3, -0.25) is 4.79 Å². The van der Waals surface area contributed by atoms with Crippen LogP contribution in [-0.4, -0.2) is 16.8 Å². The van der Waals surface area contributed by atoms with Gasteiger partial charge in [0.2, 0.25) is 0 Å². The fourth-order valence-electron chi connectivity index (χ4n) is 2.36. The molecule has 0 saturated carbocycles. The monoisotopic (exact) mass is 308 g/mol. The smallest absolute Gasteiger partial charge is 0.313 e. The summed E-state index contributed by atoms with van der Waals surface area (Å²) in [5.74, 6) is -0.625. The van der Waals surface area contributed by atoms with E-state index in [2.05, 4.69) is 19.1 Å². The summed E-state index contributed by atoms with van der Waals surface area (Å²) < 4.78 is 0. The average Bonchev–Trinajstić information content (AvgIpc) is 2.49. The van der Waals surface area contributed by atoms with E-state index < -0.39 is 5.97 Å². The number of benzene rings is 1. The van der Waals surface area contributed by atoms with Crippen LogP contribution in [-0.2, 0) is 11.2 Å². The normalized spacial score (nSPS) is 10.7. The van der Waals surface area contributed by atoms with Crippen LogP contribution in [0.4, 0.5) is 0 Å². The first-order valence-electron chi connectivity index (χ1n) is 8.16. The fraction of sp³-hybridized carbons (Fsp3) is 0.611. The zero-order valence-corrected chi connectivity index (χ0v) is 14.0. The van der Waals surface area contributed by atoms with Gasteiger partial charge in [0.05, 0.1) is 5.75 Å². The van der Waals surface area contributed by atoms with Crippen LogP contribution >= 0.6 is 11.8 Å². The predicted molar refractivity (Wildman–Crippen MR) is 91.1 cm³/mol. The molecule has 0 fully saturated rings. The fourth-order valence-corrected chi connectivity index (χ4v) is 2.98. The Labute approximate surface area is 133 Å². The lowest BCUT2D eigenvalue weighted by Gasteiger charge is -2.04. The van der Waals surface area contributed by atoms with Gasteiger partial charge in [0, 0.05) is 4.90 Å². The van der Waals surface area contributed by atoms with Gasteiger partial charge in [-0.15, -0.1) is 11.8 Å². The van der Waals surface area contributed by atoms with Crippen LogP contribution in [0.5, 0.6) is 0 Å². The van der Waals surface area contributed by atoms with E-state index in [4.69, 9.17) is 5.11 Å². The molecule has 1 aromatic rings. The molecule has 21 heavy (non-hydrogen) atoms. The molecule has 1 aromatic carbocycles. The first-order chi connectivity index (χ1) is 10.2. The molecule has 0 unspecified atom stereocenters. The molecule has 0 amide bonds. The number of rotatable bonds is 12. The van der Waals surface area contributed by atoms with E-state index in [9.17, 15) is 4.79 Å². The van der Waals surface area contributed by atoms with Crippen molar-refractivity contribution >= 4 is 17.7 Å². The minimum absolute atomic E-state index is 0.136. The van der Waals surface area contributed by atoms with Crippen molar-refractivity contribution in [1.82, 2.24) is 0 Å². The molecular weight excluding hydrogens is 280 g/mol. The zero-order valence-electron chi connectivity index (χ0n) is 13.1. The Morgan fingerprint density at radius 3 is 2.10 bits per heavy atom. The molecule has 0 aromatic heterocycles. The minimum atomic E-state index is -0.761. The van der Waals surface area contributed by atoms with Crippen molar-refractivity contribution in [3.8, 4) is 0 Å². The van der Waals surface area contributed by atoms with Crippen molar-refractivity contribution in [1.29, 1.82) is 0 Å². The summed E-state index contributed by atoms with van der Waals surface area (Å²) in [5.41, 5.74) is 1.36. The number of thioether (sulfide) groups is 1. The quantitative estimate of drug-likeness (QED) is 0.406. The number of carbonyl (C=O) groups is 1. The molecule has 0 heterocycles. The van der Waals surface area contributed by atoms with Crippen molar-refractivity contribution in [3.05, 3.63) is 29.8 Å². The summed E-state index contributed by atoms with van der Waals surface area (Å²) in [6.45, 7) is 2.26. The van der Waals surface area contributed by atoms with Gasteiger partial charge in [0.25, 0.3) is 0 Å². The van der Waals surface area contributed by atoms with Crippen LogP contribution in [0.25, 0.3) is 0 Å². The van der Waals surface area contributed by atoms with Gasteiger partial charge in [-0.1, -0.05) is 64.0 Å². The van der Waals surface area contributed by atoms with Gasteiger partial charge in [0.1, 0.15) is 0 Å². The minimum Gasteiger partial charge on any atom is -0.481 e. The van der Waals surface area contributed by atoms with Crippen LogP contribution in [0.2, 0.25) is 0 Å². The second kappa shape index (κ2) is 11.7. The Hall–Kier alpha value is -0.960. The number of unbranched alkanes of at least 4 members (excludes halogenated alkanes) is 7.